The molecule has 9 heavy (non-hydrogen) atoms. The summed E-state index contributed by atoms with van der Waals surface area (Å²) in [5.74, 6) is 2.11. The molecule has 56 valence electrons. The molecule has 0 spiro atoms. The van der Waals surface area contributed by atoms with Crippen LogP contribution in [-0.4, -0.2) is 32.0 Å². The molecule has 0 unspecified atom stereocenters. The summed E-state index contributed by atoms with van der Waals surface area (Å²) in [5, 5.41) is 0. The number of hydrogen-bond donors (Lipinski definition) is 0. The van der Waals surface area contributed by atoms with Crippen LogP contribution in [0.5, 0.6) is 0 Å². The smallest absolute Gasteiger partial charge is 0.0922 e. The molecule has 0 aromatic heterocycles. The Kier molecular flexibility index (Phi) is 8.52. The van der Waals surface area contributed by atoms with E-state index in [-0.39, 0.29) is 0 Å². The third-order valence-corrected chi connectivity index (χ3v) is 1.62. The van der Waals surface area contributed by atoms with Crippen molar-refractivity contribution in [3.63, 3.8) is 0 Å². The Balaban J connectivity index is 0.000000148. The Morgan fingerprint density at radius 3 is 2.44 bits per heavy atom. The van der Waals surface area contributed by atoms with Gasteiger partial charge in [0.05, 0.1) is 12.5 Å². The van der Waals surface area contributed by atoms with E-state index in [1.165, 1.54) is 5.75 Å². The molecular formula is C6H14O2S. The molecule has 0 bridgehead atoms. The summed E-state index contributed by atoms with van der Waals surface area (Å²) in [6, 6.07) is 0. The molecule has 0 aromatic carbocycles. The second kappa shape index (κ2) is 8.27. The first kappa shape index (κ1) is 9.27. The minimum atomic E-state index is 0.819. The largest absolute Gasteiger partial charge is 0.385 e. The zero-order valence-corrected chi connectivity index (χ0v) is 6.87. The van der Waals surface area contributed by atoms with Gasteiger partial charge < -0.3 is 9.47 Å². The molecule has 1 aliphatic rings. The van der Waals surface area contributed by atoms with Crippen LogP contribution < -0.4 is 0 Å². The fourth-order valence-corrected chi connectivity index (χ4v) is 0.884. The predicted molar refractivity (Wildman–Crippen MR) is 40.8 cm³/mol. The van der Waals surface area contributed by atoms with Crippen LogP contribution in [0.1, 0.15) is 6.92 Å². The van der Waals surface area contributed by atoms with Crippen molar-refractivity contribution in [2.75, 3.05) is 32.0 Å². The average molecular weight is 150 g/mol. The maximum absolute atomic E-state index is 4.91. The number of ether oxygens (including phenoxy) is 2. The molecule has 0 atom stereocenters. The lowest BCUT2D eigenvalue weighted by Gasteiger charge is -1.76. The van der Waals surface area contributed by atoms with Gasteiger partial charge in [0.15, 0.2) is 0 Å². The monoisotopic (exact) mass is 150 g/mol. The van der Waals surface area contributed by atoms with Gasteiger partial charge in [0.25, 0.3) is 0 Å². The van der Waals surface area contributed by atoms with Gasteiger partial charge in [-0.15, -0.1) is 11.8 Å². The van der Waals surface area contributed by atoms with Crippen LogP contribution in [0.2, 0.25) is 0 Å². The summed E-state index contributed by atoms with van der Waals surface area (Å²) in [4.78, 5) is 0. The maximum Gasteiger partial charge on any atom is 0.0922 e. The minimum absolute atomic E-state index is 0.819. The molecule has 3 heteroatoms. The molecule has 2 nitrogen and oxygen atoms in total. The highest BCUT2D eigenvalue weighted by Gasteiger charge is 1.94. The van der Waals surface area contributed by atoms with Crippen LogP contribution in [0.3, 0.4) is 0 Å². The second-order valence-corrected chi connectivity index (χ2v) is 2.56. The van der Waals surface area contributed by atoms with Crippen molar-refractivity contribution in [3.05, 3.63) is 0 Å². The standard InChI is InChI=1S/C3H6OS.C3H8O/c1-2-5-3-4-1;1-3-4-2/h1-3H2;3H2,1-2H3. The minimum Gasteiger partial charge on any atom is -0.385 e. The Labute approximate surface area is 60.9 Å². The van der Waals surface area contributed by atoms with Crippen LogP contribution >= 0.6 is 11.8 Å². The van der Waals surface area contributed by atoms with E-state index in [1.54, 1.807) is 7.11 Å². The lowest BCUT2D eigenvalue weighted by molar-refractivity contribution is 0.215. The van der Waals surface area contributed by atoms with Crippen LogP contribution in [0, 0.1) is 0 Å². The fraction of sp³-hybridized carbons (Fsp3) is 1.00. The Hall–Kier alpha value is 0.270. The van der Waals surface area contributed by atoms with Crippen molar-refractivity contribution < 1.29 is 9.47 Å². The van der Waals surface area contributed by atoms with Gasteiger partial charge in [-0.25, -0.2) is 0 Å². The van der Waals surface area contributed by atoms with Crippen LogP contribution in [0.4, 0.5) is 0 Å². The normalized spacial score (nSPS) is 16.7. The lowest BCUT2D eigenvalue weighted by Crippen LogP contribution is -1.77. The molecule has 0 saturated carbocycles. The highest BCUT2D eigenvalue weighted by molar-refractivity contribution is 7.99. The summed E-state index contributed by atoms with van der Waals surface area (Å²) in [6.07, 6.45) is 0. The third-order valence-electron chi connectivity index (χ3n) is 0.827. The Morgan fingerprint density at radius 2 is 2.33 bits per heavy atom. The van der Waals surface area contributed by atoms with Crippen molar-refractivity contribution >= 4 is 11.8 Å². The summed E-state index contributed by atoms with van der Waals surface area (Å²) < 4.78 is 9.45. The Morgan fingerprint density at radius 1 is 1.67 bits per heavy atom. The number of thioether (sulfide) groups is 1. The lowest BCUT2D eigenvalue weighted by atomic mass is 10.9. The van der Waals surface area contributed by atoms with Crippen molar-refractivity contribution in [3.8, 4) is 0 Å². The van der Waals surface area contributed by atoms with Gasteiger partial charge in [-0.05, 0) is 6.92 Å². The van der Waals surface area contributed by atoms with E-state index in [9.17, 15) is 0 Å². The van der Waals surface area contributed by atoms with Crippen molar-refractivity contribution in [1.29, 1.82) is 0 Å². The molecule has 0 amide bonds. The quantitative estimate of drug-likeness (QED) is 0.562. The third kappa shape index (κ3) is 8.27. The van der Waals surface area contributed by atoms with E-state index in [0.29, 0.717) is 0 Å². The van der Waals surface area contributed by atoms with Gasteiger partial charge in [0.1, 0.15) is 0 Å². The van der Waals surface area contributed by atoms with E-state index in [4.69, 9.17) is 4.74 Å². The molecular weight excluding hydrogens is 136 g/mol. The van der Waals surface area contributed by atoms with E-state index in [0.717, 1.165) is 19.2 Å². The van der Waals surface area contributed by atoms with E-state index < -0.39 is 0 Å². The van der Waals surface area contributed by atoms with Crippen molar-refractivity contribution in [2.24, 2.45) is 0 Å². The molecule has 1 rings (SSSR count). The van der Waals surface area contributed by atoms with E-state index in [1.807, 2.05) is 18.7 Å². The zero-order chi connectivity index (χ0) is 6.95. The van der Waals surface area contributed by atoms with Crippen LogP contribution in [0.25, 0.3) is 0 Å². The summed E-state index contributed by atoms with van der Waals surface area (Å²) >= 11 is 1.85. The van der Waals surface area contributed by atoms with Gasteiger partial charge in [0.2, 0.25) is 0 Å². The zero-order valence-electron chi connectivity index (χ0n) is 6.05. The molecule has 0 aliphatic carbocycles. The highest BCUT2D eigenvalue weighted by atomic mass is 32.2. The van der Waals surface area contributed by atoms with Crippen molar-refractivity contribution in [2.45, 2.75) is 6.92 Å². The number of hydrogen-bond acceptors (Lipinski definition) is 3. The first-order valence-corrected chi connectivity index (χ1v) is 4.21. The second-order valence-electron chi connectivity index (χ2n) is 1.51. The maximum atomic E-state index is 4.91. The number of methoxy groups -OCH3 is 1. The molecule has 1 aliphatic heterocycles. The van der Waals surface area contributed by atoms with Gasteiger partial charge in [-0.3, -0.25) is 0 Å². The SMILES string of the molecule is C1CSCO1.CCOC. The molecule has 1 heterocycles. The molecule has 1 fully saturated rings. The van der Waals surface area contributed by atoms with Crippen molar-refractivity contribution in [1.82, 2.24) is 0 Å². The first-order chi connectivity index (χ1) is 4.41. The summed E-state index contributed by atoms with van der Waals surface area (Å²) in [5.41, 5.74) is 0. The predicted octanol–water partition coefficient (Wildman–Crippen LogP) is 1.36. The molecule has 0 aromatic rings. The van der Waals surface area contributed by atoms with Gasteiger partial charge in [-0.1, -0.05) is 0 Å². The molecule has 0 N–H and O–H groups in total. The van der Waals surface area contributed by atoms with Gasteiger partial charge in [-0.2, -0.15) is 0 Å². The highest BCUT2D eigenvalue weighted by Crippen LogP contribution is 2.06. The van der Waals surface area contributed by atoms with Gasteiger partial charge >= 0.3 is 0 Å². The van der Waals surface area contributed by atoms with Crippen LogP contribution in [-0.2, 0) is 9.47 Å². The summed E-state index contributed by atoms with van der Waals surface area (Å²) in [6.45, 7) is 3.74. The molecule has 1 saturated heterocycles. The summed E-state index contributed by atoms with van der Waals surface area (Å²) in [7, 11) is 1.68. The number of rotatable bonds is 1. The van der Waals surface area contributed by atoms with E-state index >= 15 is 0 Å². The van der Waals surface area contributed by atoms with Crippen LogP contribution in [0.15, 0.2) is 0 Å². The van der Waals surface area contributed by atoms with E-state index in [2.05, 4.69) is 4.74 Å². The molecule has 0 radical (unpaired) electrons. The average Bonchev–Trinajstić information content (AvgIpc) is 2.43. The Bertz CT molecular complexity index is 36.7. The first-order valence-electron chi connectivity index (χ1n) is 3.06. The fourth-order valence-electron chi connectivity index (χ4n) is 0.295. The topological polar surface area (TPSA) is 18.5 Å². The van der Waals surface area contributed by atoms with Gasteiger partial charge in [0, 0.05) is 19.5 Å².